The quantitative estimate of drug-likeness (QED) is 0.800. The van der Waals surface area contributed by atoms with Crippen LogP contribution >= 0.6 is 0 Å². The van der Waals surface area contributed by atoms with Gasteiger partial charge in [0, 0.05) is 12.1 Å². The molecular weight excluding hydrogens is 210 g/mol. The van der Waals surface area contributed by atoms with Crippen molar-refractivity contribution in [1.82, 2.24) is 4.90 Å². The molecule has 2 rings (SSSR count). The number of hydrogen-bond donors (Lipinski definition) is 1. The molecule has 0 aromatic heterocycles. The molecule has 2 heteroatoms. The summed E-state index contributed by atoms with van der Waals surface area (Å²) in [5.74, 6) is 0.762. The van der Waals surface area contributed by atoms with Crippen LogP contribution in [0.1, 0.15) is 59.3 Å². The van der Waals surface area contributed by atoms with E-state index in [9.17, 15) is 5.11 Å². The van der Waals surface area contributed by atoms with Gasteiger partial charge >= 0.3 is 0 Å². The highest BCUT2D eigenvalue weighted by Gasteiger charge is 2.39. The molecule has 0 heterocycles. The molecule has 17 heavy (non-hydrogen) atoms. The molecular formula is C15H29NO. The molecule has 0 bridgehead atoms. The van der Waals surface area contributed by atoms with Gasteiger partial charge in [0.2, 0.25) is 0 Å². The van der Waals surface area contributed by atoms with Crippen LogP contribution in [0.3, 0.4) is 0 Å². The minimum atomic E-state index is -0.0980. The molecule has 0 amide bonds. The molecule has 0 aromatic carbocycles. The Morgan fingerprint density at radius 2 is 1.71 bits per heavy atom. The van der Waals surface area contributed by atoms with Crippen molar-refractivity contribution < 1.29 is 5.11 Å². The van der Waals surface area contributed by atoms with Crippen LogP contribution in [0.5, 0.6) is 0 Å². The Hall–Kier alpha value is -0.0800. The summed E-state index contributed by atoms with van der Waals surface area (Å²) in [6, 6.07) is 1.15. The van der Waals surface area contributed by atoms with Crippen LogP contribution < -0.4 is 0 Å². The van der Waals surface area contributed by atoms with E-state index in [1.54, 1.807) is 0 Å². The Labute approximate surface area is 106 Å². The SMILES string of the molecule is CN(C1CCC1)C1CC(C(C)(C)C)CCC1O. The average Bonchev–Trinajstić information content (AvgIpc) is 2.13. The zero-order valence-corrected chi connectivity index (χ0v) is 11.9. The Bertz CT molecular complexity index is 254. The molecule has 100 valence electrons. The maximum Gasteiger partial charge on any atom is 0.0695 e. The molecule has 2 aliphatic carbocycles. The fourth-order valence-electron chi connectivity index (χ4n) is 3.42. The maximum atomic E-state index is 10.2. The van der Waals surface area contributed by atoms with Gasteiger partial charge in [-0.05, 0) is 50.5 Å². The Morgan fingerprint density at radius 3 is 2.18 bits per heavy atom. The second kappa shape index (κ2) is 4.89. The predicted molar refractivity (Wildman–Crippen MR) is 72.0 cm³/mol. The number of aliphatic hydroxyl groups is 1. The summed E-state index contributed by atoms with van der Waals surface area (Å²) in [7, 11) is 2.22. The van der Waals surface area contributed by atoms with Crippen LogP contribution in [-0.4, -0.2) is 35.2 Å². The second-order valence-corrected chi connectivity index (χ2v) is 7.26. The topological polar surface area (TPSA) is 23.5 Å². The van der Waals surface area contributed by atoms with Gasteiger partial charge in [-0.1, -0.05) is 27.2 Å². The van der Waals surface area contributed by atoms with Crippen molar-refractivity contribution in [2.45, 2.75) is 77.5 Å². The second-order valence-electron chi connectivity index (χ2n) is 7.26. The standard InChI is InChI=1S/C15H29NO/c1-15(2,3)11-8-9-14(17)13(10-11)16(4)12-6-5-7-12/h11-14,17H,5-10H2,1-4H3. The molecule has 0 aromatic rings. The van der Waals surface area contributed by atoms with Crippen LogP contribution in [-0.2, 0) is 0 Å². The minimum absolute atomic E-state index is 0.0980. The normalized spacial score (nSPS) is 36.0. The summed E-state index contributed by atoms with van der Waals surface area (Å²) in [6.45, 7) is 7.03. The summed E-state index contributed by atoms with van der Waals surface area (Å²) in [4.78, 5) is 2.48. The number of rotatable bonds is 2. The van der Waals surface area contributed by atoms with E-state index < -0.39 is 0 Å². The van der Waals surface area contributed by atoms with Crippen LogP contribution in [0.15, 0.2) is 0 Å². The van der Waals surface area contributed by atoms with Crippen molar-refractivity contribution in [3.05, 3.63) is 0 Å². The van der Waals surface area contributed by atoms with Crippen molar-refractivity contribution in [2.75, 3.05) is 7.05 Å². The summed E-state index contributed by atoms with van der Waals surface area (Å²) in [6.07, 6.45) is 7.31. The van der Waals surface area contributed by atoms with Crippen LogP contribution in [0.4, 0.5) is 0 Å². The third-order valence-corrected chi connectivity index (χ3v) is 5.18. The van der Waals surface area contributed by atoms with E-state index in [-0.39, 0.29) is 6.10 Å². The first-order valence-electron chi connectivity index (χ1n) is 7.29. The minimum Gasteiger partial charge on any atom is -0.391 e. The summed E-state index contributed by atoms with van der Waals surface area (Å²) >= 11 is 0. The van der Waals surface area contributed by atoms with E-state index >= 15 is 0 Å². The van der Waals surface area contributed by atoms with Gasteiger partial charge in [-0.2, -0.15) is 0 Å². The van der Waals surface area contributed by atoms with E-state index in [0.717, 1.165) is 18.4 Å². The van der Waals surface area contributed by atoms with Gasteiger partial charge in [-0.15, -0.1) is 0 Å². The fraction of sp³-hybridized carbons (Fsp3) is 1.00. The average molecular weight is 239 g/mol. The van der Waals surface area contributed by atoms with Gasteiger partial charge in [-0.25, -0.2) is 0 Å². The molecule has 2 saturated carbocycles. The predicted octanol–water partition coefficient (Wildman–Crippen LogP) is 3.05. The monoisotopic (exact) mass is 239 g/mol. The van der Waals surface area contributed by atoms with Crippen molar-refractivity contribution in [3.8, 4) is 0 Å². The van der Waals surface area contributed by atoms with Gasteiger partial charge in [0.1, 0.15) is 0 Å². The van der Waals surface area contributed by atoms with Crippen molar-refractivity contribution in [2.24, 2.45) is 11.3 Å². The lowest BCUT2D eigenvalue weighted by atomic mass is 9.69. The third kappa shape index (κ3) is 2.85. The molecule has 0 saturated heterocycles. The third-order valence-electron chi connectivity index (χ3n) is 5.18. The van der Waals surface area contributed by atoms with E-state index in [0.29, 0.717) is 11.5 Å². The van der Waals surface area contributed by atoms with Gasteiger partial charge in [0.25, 0.3) is 0 Å². The molecule has 2 aliphatic rings. The zero-order chi connectivity index (χ0) is 12.6. The van der Waals surface area contributed by atoms with Gasteiger partial charge in [-0.3, -0.25) is 4.90 Å². The number of hydrogen-bond acceptors (Lipinski definition) is 2. The first-order chi connectivity index (χ1) is 7.89. The first-order valence-corrected chi connectivity index (χ1v) is 7.29. The summed E-state index contributed by atoms with van der Waals surface area (Å²) in [5, 5.41) is 10.2. The fourth-order valence-corrected chi connectivity index (χ4v) is 3.42. The molecule has 0 radical (unpaired) electrons. The highest BCUT2D eigenvalue weighted by molar-refractivity contribution is 4.93. The van der Waals surface area contributed by atoms with E-state index in [4.69, 9.17) is 0 Å². The van der Waals surface area contributed by atoms with Crippen LogP contribution in [0, 0.1) is 11.3 Å². The van der Waals surface area contributed by atoms with Gasteiger partial charge in [0.15, 0.2) is 0 Å². The molecule has 3 atom stereocenters. The maximum absolute atomic E-state index is 10.2. The van der Waals surface area contributed by atoms with E-state index in [1.807, 2.05) is 0 Å². The van der Waals surface area contributed by atoms with Crippen LogP contribution in [0.25, 0.3) is 0 Å². The van der Waals surface area contributed by atoms with E-state index in [2.05, 4.69) is 32.7 Å². The zero-order valence-electron chi connectivity index (χ0n) is 11.9. The molecule has 1 N–H and O–H groups in total. The summed E-state index contributed by atoms with van der Waals surface area (Å²) in [5.41, 5.74) is 0.388. The van der Waals surface area contributed by atoms with E-state index in [1.165, 1.54) is 32.1 Å². The Morgan fingerprint density at radius 1 is 1.06 bits per heavy atom. The highest BCUT2D eigenvalue weighted by atomic mass is 16.3. The first kappa shape index (κ1) is 13.4. The molecule has 2 fully saturated rings. The van der Waals surface area contributed by atoms with Crippen LogP contribution in [0.2, 0.25) is 0 Å². The highest BCUT2D eigenvalue weighted by Crippen LogP contribution is 2.40. The van der Waals surface area contributed by atoms with Gasteiger partial charge in [0.05, 0.1) is 6.10 Å². The van der Waals surface area contributed by atoms with Gasteiger partial charge < -0.3 is 5.11 Å². The molecule has 0 aliphatic heterocycles. The lowest BCUT2D eigenvalue weighted by Crippen LogP contribution is -2.52. The van der Waals surface area contributed by atoms with Crippen molar-refractivity contribution >= 4 is 0 Å². The number of likely N-dealkylation sites (N-methyl/N-ethyl adjacent to an activating group) is 1. The number of aliphatic hydroxyl groups excluding tert-OH is 1. The number of nitrogens with zero attached hydrogens (tertiary/aromatic N) is 1. The molecule has 2 nitrogen and oxygen atoms in total. The molecule has 3 unspecified atom stereocenters. The van der Waals surface area contributed by atoms with Crippen molar-refractivity contribution in [3.63, 3.8) is 0 Å². The largest absolute Gasteiger partial charge is 0.391 e. The van der Waals surface area contributed by atoms with Crippen molar-refractivity contribution in [1.29, 1.82) is 0 Å². The lowest BCUT2D eigenvalue weighted by molar-refractivity contribution is -0.0347. The smallest absolute Gasteiger partial charge is 0.0695 e. The molecule has 0 spiro atoms. The summed E-state index contributed by atoms with van der Waals surface area (Å²) < 4.78 is 0. The lowest BCUT2D eigenvalue weighted by Gasteiger charge is -2.47. The Kier molecular flexibility index (Phi) is 3.84. The Balaban J connectivity index is 1.99.